The number of carbonyl (C=O) groups excluding carboxylic acids is 1. The molecule has 7 nitrogen and oxygen atoms in total. The predicted molar refractivity (Wildman–Crippen MR) is 123 cm³/mol. The molecule has 11 heteroatoms. The standard InChI is InChI=1S/C25H22F4N4O3/c1-2-35-14-36-13-17-12-33(32-23(17)25(27,28)29)11-15-3-8-19-20(16-4-6-18(26)7-5-16)10-22(24(30)34)31-21(19)9-15/h3-10,12H,2,11,13-14H2,1H3,(H2,30,34). The number of rotatable bonds is 9. The number of nitrogens with zero attached hydrogens (tertiary/aromatic N) is 3. The molecule has 0 aliphatic rings. The van der Waals surface area contributed by atoms with Crippen LogP contribution in [0, 0.1) is 5.82 Å². The highest BCUT2D eigenvalue weighted by molar-refractivity contribution is 6.00. The van der Waals surface area contributed by atoms with Gasteiger partial charge in [-0.1, -0.05) is 24.3 Å². The molecule has 0 fully saturated rings. The van der Waals surface area contributed by atoms with Crippen LogP contribution in [0.1, 0.15) is 34.2 Å². The van der Waals surface area contributed by atoms with Crippen LogP contribution in [0.5, 0.6) is 0 Å². The van der Waals surface area contributed by atoms with Gasteiger partial charge in [0.25, 0.3) is 5.91 Å². The van der Waals surface area contributed by atoms with Gasteiger partial charge in [0.15, 0.2) is 5.69 Å². The summed E-state index contributed by atoms with van der Waals surface area (Å²) < 4.78 is 65.2. The van der Waals surface area contributed by atoms with Crippen molar-refractivity contribution in [2.45, 2.75) is 26.3 Å². The summed E-state index contributed by atoms with van der Waals surface area (Å²) in [5.41, 5.74) is 6.58. The average Bonchev–Trinajstić information content (AvgIpc) is 3.24. The number of nitrogens with two attached hydrogens (primary N) is 1. The van der Waals surface area contributed by atoms with Gasteiger partial charge in [-0.3, -0.25) is 9.48 Å². The fourth-order valence-electron chi connectivity index (χ4n) is 3.74. The van der Waals surface area contributed by atoms with Gasteiger partial charge in [-0.25, -0.2) is 9.37 Å². The van der Waals surface area contributed by atoms with Crippen LogP contribution in [0.15, 0.2) is 54.7 Å². The van der Waals surface area contributed by atoms with E-state index >= 15 is 0 Å². The zero-order valence-electron chi connectivity index (χ0n) is 19.2. The summed E-state index contributed by atoms with van der Waals surface area (Å²) >= 11 is 0. The molecule has 0 bridgehead atoms. The predicted octanol–water partition coefficient (Wildman–Crippen LogP) is 4.91. The topological polar surface area (TPSA) is 92.3 Å². The number of alkyl halides is 3. The Bertz CT molecular complexity index is 1380. The second-order valence-electron chi connectivity index (χ2n) is 7.94. The number of hydrogen-bond acceptors (Lipinski definition) is 5. The second kappa shape index (κ2) is 10.4. The summed E-state index contributed by atoms with van der Waals surface area (Å²) in [6, 6.07) is 12.4. The third kappa shape index (κ3) is 5.69. The normalized spacial score (nSPS) is 11.8. The zero-order chi connectivity index (χ0) is 25.9. The molecule has 2 aromatic carbocycles. The first-order valence-electron chi connectivity index (χ1n) is 10.9. The molecule has 0 saturated carbocycles. The van der Waals surface area contributed by atoms with E-state index in [1.54, 1.807) is 37.3 Å². The molecular formula is C25H22F4N4O3. The maximum atomic E-state index is 13.5. The van der Waals surface area contributed by atoms with E-state index in [-0.39, 0.29) is 31.2 Å². The quantitative estimate of drug-likeness (QED) is 0.199. The summed E-state index contributed by atoms with van der Waals surface area (Å²) in [4.78, 5) is 16.2. The van der Waals surface area contributed by atoms with E-state index in [0.29, 0.717) is 34.2 Å². The Hall–Kier alpha value is -3.83. The number of primary amides is 1. The molecule has 0 radical (unpaired) electrons. The molecular weight excluding hydrogens is 480 g/mol. The number of aromatic nitrogens is 3. The van der Waals surface area contributed by atoms with Gasteiger partial charge >= 0.3 is 6.18 Å². The summed E-state index contributed by atoms with van der Waals surface area (Å²) in [5.74, 6) is -1.15. The minimum Gasteiger partial charge on any atom is -0.364 e. The Morgan fingerprint density at radius 3 is 2.50 bits per heavy atom. The van der Waals surface area contributed by atoms with Crippen LogP contribution in [0.25, 0.3) is 22.0 Å². The van der Waals surface area contributed by atoms with E-state index in [4.69, 9.17) is 15.2 Å². The van der Waals surface area contributed by atoms with Gasteiger partial charge in [0.1, 0.15) is 18.3 Å². The van der Waals surface area contributed by atoms with Crippen molar-refractivity contribution < 1.29 is 31.8 Å². The molecule has 2 N–H and O–H groups in total. The van der Waals surface area contributed by atoms with E-state index in [1.807, 2.05) is 0 Å². The highest BCUT2D eigenvalue weighted by atomic mass is 19.4. The molecule has 2 aromatic heterocycles. The number of benzene rings is 2. The highest BCUT2D eigenvalue weighted by Gasteiger charge is 2.37. The van der Waals surface area contributed by atoms with Crippen LogP contribution in [-0.4, -0.2) is 34.1 Å². The van der Waals surface area contributed by atoms with Crippen LogP contribution in [0.4, 0.5) is 17.6 Å². The Kier molecular flexibility index (Phi) is 7.32. The van der Waals surface area contributed by atoms with Crippen molar-refractivity contribution in [1.82, 2.24) is 14.8 Å². The molecule has 2 heterocycles. The lowest BCUT2D eigenvalue weighted by Crippen LogP contribution is -2.13. The van der Waals surface area contributed by atoms with Crippen molar-refractivity contribution in [2.24, 2.45) is 5.73 Å². The molecule has 36 heavy (non-hydrogen) atoms. The van der Waals surface area contributed by atoms with Crippen LogP contribution in [0.2, 0.25) is 0 Å². The van der Waals surface area contributed by atoms with E-state index in [9.17, 15) is 22.4 Å². The van der Waals surface area contributed by atoms with E-state index < -0.39 is 23.6 Å². The van der Waals surface area contributed by atoms with Gasteiger partial charge in [0.2, 0.25) is 0 Å². The molecule has 0 atom stereocenters. The first-order chi connectivity index (χ1) is 17.2. The number of hydrogen-bond donors (Lipinski definition) is 1. The largest absolute Gasteiger partial charge is 0.435 e. The first-order valence-corrected chi connectivity index (χ1v) is 10.9. The fourth-order valence-corrected chi connectivity index (χ4v) is 3.74. The van der Waals surface area contributed by atoms with Crippen LogP contribution in [-0.2, 0) is 28.8 Å². The smallest absolute Gasteiger partial charge is 0.364 e. The summed E-state index contributed by atoms with van der Waals surface area (Å²) in [7, 11) is 0. The number of fused-ring (bicyclic) bond motifs is 1. The van der Waals surface area contributed by atoms with Gasteiger partial charge < -0.3 is 15.2 Å². The van der Waals surface area contributed by atoms with Gasteiger partial charge in [0, 0.05) is 23.8 Å². The molecule has 0 unspecified atom stereocenters. The van der Waals surface area contributed by atoms with Gasteiger partial charge in [-0.15, -0.1) is 0 Å². The highest BCUT2D eigenvalue weighted by Crippen LogP contribution is 2.32. The molecule has 0 spiro atoms. The Morgan fingerprint density at radius 2 is 1.83 bits per heavy atom. The first kappa shape index (κ1) is 25.3. The molecule has 188 valence electrons. The van der Waals surface area contributed by atoms with E-state index in [0.717, 1.165) is 0 Å². The van der Waals surface area contributed by atoms with Crippen molar-refractivity contribution in [3.63, 3.8) is 0 Å². The number of pyridine rings is 1. The summed E-state index contributed by atoms with van der Waals surface area (Å²) in [6.07, 6.45) is -3.38. The van der Waals surface area contributed by atoms with Crippen LogP contribution >= 0.6 is 0 Å². The van der Waals surface area contributed by atoms with Crippen molar-refractivity contribution >= 4 is 16.8 Å². The van der Waals surface area contributed by atoms with E-state index in [1.165, 1.54) is 29.1 Å². The molecule has 4 rings (SSSR count). The third-order valence-corrected chi connectivity index (χ3v) is 5.36. The average molecular weight is 502 g/mol. The Labute approximate surface area is 203 Å². The van der Waals surface area contributed by atoms with Crippen molar-refractivity contribution in [2.75, 3.05) is 13.4 Å². The molecule has 0 aliphatic carbocycles. The van der Waals surface area contributed by atoms with Crippen LogP contribution in [0.3, 0.4) is 0 Å². The lowest BCUT2D eigenvalue weighted by Gasteiger charge is -2.11. The second-order valence-corrected chi connectivity index (χ2v) is 7.94. The van der Waals surface area contributed by atoms with E-state index in [2.05, 4.69) is 10.1 Å². The van der Waals surface area contributed by atoms with Crippen molar-refractivity contribution in [3.8, 4) is 11.1 Å². The minimum atomic E-state index is -4.65. The Balaban J connectivity index is 1.69. The molecule has 0 saturated heterocycles. The summed E-state index contributed by atoms with van der Waals surface area (Å²) in [5, 5.41) is 4.38. The van der Waals surface area contributed by atoms with Gasteiger partial charge in [-0.2, -0.15) is 18.3 Å². The molecule has 1 amide bonds. The maximum Gasteiger partial charge on any atom is 0.435 e. The number of ether oxygens (including phenoxy) is 2. The summed E-state index contributed by atoms with van der Waals surface area (Å²) in [6.45, 7) is 1.70. The number of carbonyl (C=O) groups is 1. The lowest BCUT2D eigenvalue weighted by molar-refractivity contribution is -0.143. The SMILES string of the molecule is CCOCOCc1cn(Cc2ccc3c(-c4ccc(F)cc4)cc(C(N)=O)nc3c2)nc1C(F)(F)F. The number of halogens is 4. The zero-order valence-corrected chi connectivity index (χ0v) is 19.2. The van der Waals surface area contributed by atoms with Gasteiger partial charge in [0.05, 0.1) is 18.7 Å². The molecule has 4 aromatic rings. The number of amides is 1. The third-order valence-electron chi connectivity index (χ3n) is 5.36. The van der Waals surface area contributed by atoms with Gasteiger partial charge in [-0.05, 0) is 47.9 Å². The monoisotopic (exact) mass is 502 g/mol. The van der Waals surface area contributed by atoms with Crippen LogP contribution < -0.4 is 5.73 Å². The van der Waals surface area contributed by atoms with Crippen molar-refractivity contribution in [1.29, 1.82) is 0 Å². The fraction of sp³-hybridized carbons (Fsp3) is 0.240. The Morgan fingerprint density at radius 1 is 1.08 bits per heavy atom. The maximum absolute atomic E-state index is 13.5. The molecule has 0 aliphatic heterocycles. The van der Waals surface area contributed by atoms with Crippen molar-refractivity contribution in [3.05, 3.63) is 83.1 Å². The minimum absolute atomic E-state index is 0.00570. The lowest BCUT2D eigenvalue weighted by atomic mass is 9.98.